The number of nitrogens with one attached hydrogen (secondary N) is 1. The minimum atomic E-state index is 0.580. The molecule has 1 heterocycles. The predicted molar refractivity (Wildman–Crippen MR) is 71.7 cm³/mol. The average Bonchev–Trinajstić information content (AvgIpc) is 2.72. The number of rotatable bonds is 4. The van der Waals surface area contributed by atoms with Crippen molar-refractivity contribution in [3.63, 3.8) is 0 Å². The molecule has 0 aliphatic heterocycles. The smallest absolute Gasteiger partial charge is 0.137 e. The van der Waals surface area contributed by atoms with Crippen LogP contribution in [0.4, 0.5) is 5.69 Å². The number of ether oxygens (including phenoxy) is 1. The van der Waals surface area contributed by atoms with E-state index >= 15 is 0 Å². The van der Waals surface area contributed by atoms with Gasteiger partial charge < -0.3 is 14.5 Å². The zero-order valence-electron chi connectivity index (χ0n) is 9.17. The predicted octanol–water partition coefficient (Wildman–Crippen LogP) is 4.32. The Bertz CT molecular complexity index is 513. The molecule has 0 spiro atoms. The van der Waals surface area contributed by atoms with Gasteiger partial charge in [-0.1, -0.05) is 11.6 Å². The van der Waals surface area contributed by atoms with Gasteiger partial charge in [-0.2, -0.15) is 0 Å². The van der Waals surface area contributed by atoms with Crippen LogP contribution in [0.25, 0.3) is 0 Å². The van der Waals surface area contributed by atoms with Crippen molar-refractivity contribution in [1.82, 2.24) is 0 Å². The van der Waals surface area contributed by atoms with E-state index in [0.29, 0.717) is 17.3 Å². The third-order valence-electron chi connectivity index (χ3n) is 2.30. The molecule has 0 saturated carbocycles. The minimum absolute atomic E-state index is 0.580. The maximum Gasteiger partial charge on any atom is 0.137 e. The van der Waals surface area contributed by atoms with Crippen molar-refractivity contribution < 1.29 is 9.15 Å². The molecule has 0 atom stereocenters. The van der Waals surface area contributed by atoms with Crippen molar-refractivity contribution in [3.05, 3.63) is 45.8 Å². The van der Waals surface area contributed by atoms with Crippen LogP contribution in [0.5, 0.6) is 5.75 Å². The molecule has 0 aliphatic carbocycles. The normalized spacial score (nSPS) is 10.3. The van der Waals surface area contributed by atoms with Crippen LogP contribution in [0.1, 0.15) is 5.76 Å². The molecule has 1 aromatic heterocycles. The highest BCUT2D eigenvalue weighted by molar-refractivity contribution is 9.10. The van der Waals surface area contributed by atoms with Crippen molar-refractivity contribution in [2.24, 2.45) is 0 Å². The van der Waals surface area contributed by atoms with Crippen molar-refractivity contribution in [1.29, 1.82) is 0 Å². The lowest BCUT2D eigenvalue weighted by atomic mass is 10.3. The van der Waals surface area contributed by atoms with Gasteiger partial charge in [-0.3, -0.25) is 0 Å². The van der Waals surface area contributed by atoms with E-state index in [1.807, 2.05) is 24.3 Å². The molecule has 90 valence electrons. The van der Waals surface area contributed by atoms with Gasteiger partial charge in [-0.05, 0) is 40.2 Å². The highest BCUT2D eigenvalue weighted by atomic mass is 79.9. The molecule has 0 fully saturated rings. The fourth-order valence-electron chi connectivity index (χ4n) is 1.41. The summed E-state index contributed by atoms with van der Waals surface area (Å²) in [6, 6.07) is 7.40. The van der Waals surface area contributed by atoms with E-state index in [4.69, 9.17) is 20.8 Å². The molecule has 2 rings (SSSR count). The quantitative estimate of drug-likeness (QED) is 0.912. The zero-order valence-corrected chi connectivity index (χ0v) is 11.5. The Kier molecular flexibility index (Phi) is 3.97. The van der Waals surface area contributed by atoms with E-state index in [9.17, 15) is 0 Å². The SMILES string of the molecule is COc1ccc(NCc2occc2Br)cc1Cl. The van der Waals surface area contributed by atoms with Gasteiger partial charge in [0.25, 0.3) is 0 Å². The Morgan fingerprint density at radius 3 is 2.82 bits per heavy atom. The number of anilines is 1. The van der Waals surface area contributed by atoms with Crippen molar-refractivity contribution in [3.8, 4) is 5.75 Å². The van der Waals surface area contributed by atoms with Gasteiger partial charge in [-0.15, -0.1) is 0 Å². The number of methoxy groups -OCH3 is 1. The van der Waals surface area contributed by atoms with Crippen molar-refractivity contribution in [2.45, 2.75) is 6.54 Å². The third-order valence-corrected chi connectivity index (χ3v) is 3.30. The lowest BCUT2D eigenvalue weighted by molar-refractivity contribution is 0.415. The maximum atomic E-state index is 6.02. The molecule has 17 heavy (non-hydrogen) atoms. The monoisotopic (exact) mass is 315 g/mol. The molecular formula is C12H11BrClNO2. The number of halogens is 2. The molecule has 0 bridgehead atoms. The zero-order chi connectivity index (χ0) is 12.3. The summed E-state index contributed by atoms with van der Waals surface area (Å²) in [6.07, 6.45) is 1.64. The first kappa shape index (κ1) is 12.3. The molecular weight excluding hydrogens is 305 g/mol. The number of furan rings is 1. The first-order valence-electron chi connectivity index (χ1n) is 5.00. The summed E-state index contributed by atoms with van der Waals surface area (Å²) in [4.78, 5) is 0. The molecule has 3 nitrogen and oxygen atoms in total. The number of hydrogen-bond donors (Lipinski definition) is 1. The van der Waals surface area contributed by atoms with Crippen molar-refractivity contribution in [2.75, 3.05) is 12.4 Å². The van der Waals surface area contributed by atoms with Crippen LogP contribution in [0.3, 0.4) is 0 Å². The van der Waals surface area contributed by atoms with Crippen LogP contribution in [0.2, 0.25) is 5.02 Å². The Balaban J connectivity index is 2.05. The lowest BCUT2D eigenvalue weighted by Crippen LogP contribution is -1.98. The van der Waals surface area contributed by atoms with Gasteiger partial charge in [0, 0.05) is 5.69 Å². The molecule has 5 heteroatoms. The van der Waals surface area contributed by atoms with Crippen LogP contribution in [-0.4, -0.2) is 7.11 Å². The molecule has 0 amide bonds. The Labute approximate surface area is 113 Å². The summed E-state index contributed by atoms with van der Waals surface area (Å²) in [5.74, 6) is 1.51. The summed E-state index contributed by atoms with van der Waals surface area (Å²) in [7, 11) is 1.59. The summed E-state index contributed by atoms with van der Waals surface area (Å²) in [5, 5.41) is 3.80. The largest absolute Gasteiger partial charge is 0.495 e. The average molecular weight is 317 g/mol. The van der Waals surface area contributed by atoms with Gasteiger partial charge in [0.05, 0.1) is 29.4 Å². The molecule has 0 radical (unpaired) electrons. The van der Waals surface area contributed by atoms with Crippen LogP contribution in [0, 0.1) is 0 Å². The molecule has 2 aromatic rings. The minimum Gasteiger partial charge on any atom is -0.495 e. The summed E-state index contributed by atoms with van der Waals surface area (Å²) in [5.41, 5.74) is 0.916. The standard InChI is InChI=1S/C12H11BrClNO2/c1-16-11-3-2-8(6-10(11)14)15-7-12-9(13)4-5-17-12/h2-6,15H,7H2,1H3. The summed E-state index contributed by atoms with van der Waals surface area (Å²) < 4.78 is 11.3. The van der Waals surface area contributed by atoms with Gasteiger partial charge in [0.15, 0.2) is 0 Å². The van der Waals surface area contributed by atoms with E-state index in [2.05, 4.69) is 21.2 Å². The summed E-state index contributed by atoms with van der Waals surface area (Å²) >= 11 is 9.42. The van der Waals surface area contributed by atoms with Crippen LogP contribution in [-0.2, 0) is 6.54 Å². The van der Waals surface area contributed by atoms with Crippen LogP contribution >= 0.6 is 27.5 Å². The van der Waals surface area contributed by atoms with Crippen molar-refractivity contribution >= 4 is 33.2 Å². The summed E-state index contributed by atoms with van der Waals surface area (Å²) in [6.45, 7) is 0.593. The Hall–Kier alpha value is -1.13. The number of hydrogen-bond acceptors (Lipinski definition) is 3. The molecule has 1 N–H and O–H groups in total. The second kappa shape index (κ2) is 5.47. The van der Waals surface area contributed by atoms with E-state index in [1.165, 1.54) is 0 Å². The highest BCUT2D eigenvalue weighted by Gasteiger charge is 2.05. The second-order valence-electron chi connectivity index (χ2n) is 3.39. The van der Waals surface area contributed by atoms with E-state index in [1.54, 1.807) is 13.4 Å². The number of benzene rings is 1. The lowest BCUT2D eigenvalue weighted by Gasteiger charge is -2.08. The fourth-order valence-corrected chi connectivity index (χ4v) is 2.01. The van der Waals surface area contributed by atoms with E-state index in [0.717, 1.165) is 15.9 Å². The first-order chi connectivity index (χ1) is 8.20. The maximum absolute atomic E-state index is 6.02. The Morgan fingerprint density at radius 1 is 1.41 bits per heavy atom. The van der Waals surface area contributed by atoms with Crippen LogP contribution < -0.4 is 10.1 Å². The van der Waals surface area contributed by atoms with Gasteiger partial charge in [0.1, 0.15) is 11.5 Å². The topological polar surface area (TPSA) is 34.4 Å². The van der Waals surface area contributed by atoms with E-state index < -0.39 is 0 Å². The molecule has 1 aromatic carbocycles. The van der Waals surface area contributed by atoms with Gasteiger partial charge in [-0.25, -0.2) is 0 Å². The van der Waals surface area contributed by atoms with Crippen LogP contribution in [0.15, 0.2) is 39.4 Å². The van der Waals surface area contributed by atoms with E-state index in [-0.39, 0.29) is 0 Å². The first-order valence-corrected chi connectivity index (χ1v) is 6.17. The molecule has 0 aliphatic rings. The highest BCUT2D eigenvalue weighted by Crippen LogP contribution is 2.27. The fraction of sp³-hybridized carbons (Fsp3) is 0.167. The molecule has 0 unspecified atom stereocenters. The third kappa shape index (κ3) is 2.96. The second-order valence-corrected chi connectivity index (χ2v) is 4.66. The Morgan fingerprint density at radius 2 is 2.24 bits per heavy atom. The van der Waals surface area contributed by atoms with Gasteiger partial charge >= 0.3 is 0 Å². The van der Waals surface area contributed by atoms with Gasteiger partial charge in [0.2, 0.25) is 0 Å². The molecule has 0 saturated heterocycles.